The van der Waals surface area contributed by atoms with Gasteiger partial charge in [0, 0.05) is 7.11 Å². The Hall–Kier alpha value is -2.04. The molecule has 0 fully saturated rings. The average molecular weight is 288 g/mol. The zero-order valence-electron chi connectivity index (χ0n) is 12.1. The number of methoxy groups -OCH3 is 1. The van der Waals surface area contributed by atoms with Crippen LogP contribution in [0.15, 0.2) is 54.6 Å². The highest BCUT2D eigenvalue weighted by Crippen LogP contribution is 2.19. The molecule has 0 aliphatic rings. The van der Waals surface area contributed by atoms with Crippen molar-refractivity contribution in [1.29, 1.82) is 0 Å². The average Bonchev–Trinajstić information content (AvgIpc) is 2.56. The van der Waals surface area contributed by atoms with Gasteiger partial charge in [0.05, 0.1) is 6.61 Å². The van der Waals surface area contributed by atoms with Crippen LogP contribution in [0.1, 0.15) is 5.56 Å². The second-order valence-corrected chi connectivity index (χ2v) is 4.60. The van der Waals surface area contributed by atoms with Gasteiger partial charge in [-0.25, -0.2) is 0 Å². The molecular weight excluding hydrogens is 268 g/mol. The van der Waals surface area contributed by atoms with Crippen LogP contribution in [0.4, 0.5) is 0 Å². The van der Waals surface area contributed by atoms with Crippen LogP contribution in [0.5, 0.6) is 11.5 Å². The number of hydrogen-bond acceptors (Lipinski definition) is 4. The van der Waals surface area contributed by atoms with E-state index in [0.29, 0.717) is 13.2 Å². The molecule has 0 saturated carbocycles. The summed E-state index contributed by atoms with van der Waals surface area (Å²) in [6, 6.07) is 17.4. The van der Waals surface area contributed by atoms with Crippen molar-refractivity contribution >= 4 is 0 Å². The predicted molar refractivity (Wildman–Crippen MR) is 80.6 cm³/mol. The summed E-state index contributed by atoms with van der Waals surface area (Å²) in [6.07, 6.45) is -0.306. The second kappa shape index (κ2) is 8.29. The summed E-state index contributed by atoms with van der Waals surface area (Å²) in [5.41, 5.74) is 1.13. The number of benzene rings is 2. The molecule has 4 nitrogen and oxygen atoms in total. The molecule has 0 bridgehead atoms. The molecule has 0 saturated heterocycles. The first-order valence-electron chi connectivity index (χ1n) is 6.85. The molecule has 2 aromatic rings. The maximum atomic E-state index is 9.00. The van der Waals surface area contributed by atoms with Crippen LogP contribution >= 0.6 is 0 Å². The minimum atomic E-state index is -0.306. The van der Waals surface area contributed by atoms with Gasteiger partial charge in [-0.2, -0.15) is 0 Å². The van der Waals surface area contributed by atoms with E-state index in [1.807, 2.05) is 54.6 Å². The van der Waals surface area contributed by atoms with E-state index in [-0.39, 0.29) is 12.7 Å². The van der Waals surface area contributed by atoms with E-state index in [1.165, 1.54) is 0 Å². The first kappa shape index (κ1) is 15.4. The summed E-state index contributed by atoms with van der Waals surface area (Å²) in [4.78, 5) is 0. The Kier molecular flexibility index (Phi) is 6.06. The first-order chi connectivity index (χ1) is 10.3. The highest BCUT2D eigenvalue weighted by atomic mass is 16.5. The largest absolute Gasteiger partial charge is 0.491 e. The third-order valence-electron chi connectivity index (χ3n) is 3.04. The van der Waals surface area contributed by atoms with Gasteiger partial charge >= 0.3 is 0 Å². The molecule has 0 aliphatic heterocycles. The number of aliphatic hydroxyl groups is 1. The van der Waals surface area contributed by atoms with Crippen LogP contribution in [-0.4, -0.2) is 31.5 Å². The monoisotopic (exact) mass is 288 g/mol. The van der Waals surface area contributed by atoms with E-state index >= 15 is 0 Å². The highest BCUT2D eigenvalue weighted by molar-refractivity contribution is 5.31. The summed E-state index contributed by atoms with van der Waals surface area (Å²) in [5, 5.41) is 9.00. The highest BCUT2D eigenvalue weighted by Gasteiger charge is 2.06. The van der Waals surface area contributed by atoms with Crippen molar-refractivity contribution in [2.24, 2.45) is 0 Å². The lowest BCUT2D eigenvalue weighted by Gasteiger charge is -2.14. The Morgan fingerprint density at radius 1 is 0.905 bits per heavy atom. The Labute approximate surface area is 124 Å². The van der Waals surface area contributed by atoms with Gasteiger partial charge in [-0.05, 0) is 29.8 Å². The second-order valence-electron chi connectivity index (χ2n) is 4.60. The van der Waals surface area contributed by atoms with E-state index in [9.17, 15) is 0 Å². The lowest BCUT2D eigenvalue weighted by molar-refractivity contribution is 0.0164. The molecule has 0 aliphatic carbocycles. The van der Waals surface area contributed by atoms with Crippen molar-refractivity contribution in [2.75, 3.05) is 20.3 Å². The van der Waals surface area contributed by atoms with Gasteiger partial charge < -0.3 is 19.3 Å². The maximum Gasteiger partial charge on any atom is 0.120 e. The van der Waals surface area contributed by atoms with Crippen molar-refractivity contribution in [3.63, 3.8) is 0 Å². The number of aliphatic hydroxyl groups excluding tert-OH is 1. The van der Waals surface area contributed by atoms with Gasteiger partial charge in [-0.3, -0.25) is 0 Å². The summed E-state index contributed by atoms with van der Waals surface area (Å²) < 4.78 is 16.3. The molecule has 1 N–H and O–H groups in total. The van der Waals surface area contributed by atoms with Crippen LogP contribution < -0.4 is 9.47 Å². The minimum absolute atomic E-state index is 0.0607. The van der Waals surface area contributed by atoms with Gasteiger partial charge in [0.15, 0.2) is 0 Å². The predicted octanol–water partition coefficient (Wildman–Crippen LogP) is 2.65. The first-order valence-corrected chi connectivity index (χ1v) is 6.85. The van der Waals surface area contributed by atoms with E-state index in [0.717, 1.165) is 17.1 Å². The van der Waals surface area contributed by atoms with Crippen LogP contribution in [0.3, 0.4) is 0 Å². The molecule has 0 spiro atoms. The SMILES string of the molecule is COC(CO)COc1ccc(OCc2ccccc2)cc1. The molecule has 0 amide bonds. The summed E-state index contributed by atoms with van der Waals surface area (Å²) in [5.74, 6) is 1.51. The number of hydrogen-bond donors (Lipinski definition) is 1. The van der Waals surface area contributed by atoms with Gasteiger partial charge in [-0.1, -0.05) is 30.3 Å². The molecule has 0 radical (unpaired) electrons. The molecular formula is C17H20O4. The summed E-state index contributed by atoms with van der Waals surface area (Å²) in [7, 11) is 1.55. The van der Waals surface area contributed by atoms with Crippen molar-refractivity contribution in [3.05, 3.63) is 60.2 Å². The standard InChI is InChI=1S/C17H20O4/c1-19-17(11-18)13-21-16-9-7-15(8-10-16)20-12-14-5-3-2-4-6-14/h2-10,17-18H,11-13H2,1H3. The topological polar surface area (TPSA) is 47.9 Å². The fraction of sp³-hybridized carbons (Fsp3) is 0.294. The third kappa shape index (κ3) is 5.10. The molecule has 2 rings (SSSR count). The van der Waals surface area contributed by atoms with Gasteiger partial charge in [0.2, 0.25) is 0 Å². The van der Waals surface area contributed by atoms with E-state index in [2.05, 4.69) is 0 Å². The summed E-state index contributed by atoms with van der Waals surface area (Å²) >= 11 is 0. The molecule has 0 aromatic heterocycles. The Balaban J connectivity index is 1.81. The Morgan fingerprint density at radius 3 is 2.10 bits per heavy atom. The van der Waals surface area contributed by atoms with Crippen LogP contribution in [-0.2, 0) is 11.3 Å². The van der Waals surface area contributed by atoms with E-state index in [4.69, 9.17) is 19.3 Å². The fourth-order valence-corrected chi connectivity index (χ4v) is 1.76. The zero-order chi connectivity index (χ0) is 14.9. The van der Waals surface area contributed by atoms with E-state index < -0.39 is 0 Å². The van der Waals surface area contributed by atoms with Crippen molar-refractivity contribution in [3.8, 4) is 11.5 Å². The zero-order valence-corrected chi connectivity index (χ0v) is 12.1. The van der Waals surface area contributed by atoms with Gasteiger partial charge in [0.25, 0.3) is 0 Å². The molecule has 1 unspecified atom stereocenters. The Morgan fingerprint density at radius 2 is 1.52 bits per heavy atom. The van der Waals surface area contributed by atoms with Gasteiger partial charge in [0.1, 0.15) is 30.8 Å². The minimum Gasteiger partial charge on any atom is -0.491 e. The van der Waals surface area contributed by atoms with Crippen molar-refractivity contribution in [2.45, 2.75) is 12.7 Å². The molecule has 112 valence electrons. The number of ether oxygens (including phenoxy) is 3. The van der Waals surface area contributed by atoms with Crippen LogP contribution in [0.25, 0.3) is 0 Å². The molecule has 0 heterocycles. The van der Waals surface area contributed by atoms with Gasteiger partial charge in [-0.15, -0.1) is 0 Å². The fourth-order valence-electron chi connectivity index (χ4n) is 1.76. The molecule has 1 atom stereocenters. The summed E-state index contributed by atoms with van der Waals surface area (Å²) in [6.45, 7) is 0.795. The maximum absolute atomic E-state index is 9.00. The number of rotatable bonds is 8. The van der Waals surface area contributed by atoms with Crippen LogP contribution in [0.2, 0.25) is 0 Å². The van der Waals surface area contributed by atoms with Crippen molar-refractivity contribution in [1.82, 2.24) is 0 Å². The lowest BCUT2D eigenvalue weighted by atomic mass is 10.2. The van der Waals surface area contributed by atoms with E-state index in [1.54, 1.807) is 7.11 Å². The molecule has 2 aromatic carbocycles. The quantitative estimate of drug-likeness (QED) is 0.811. The molecule has 4 heteroatoms. The lowest BCUT2D eigenvalue weighted by Crippen LogP contribution is -2.24. The smallest absolute Gasteiger partial charge is 0.120 e. The Bertz CT molecular complexity index is 506. The van der Waals surface area contributed by atoms with Crippen LogP contribution in [0, 0.1) is 0 Å². The normalized spacial score (nSPS) is 11.9. The molecule has 21 heavy (non-hydrogen) atoms. The van der Waals surface area contributed by atoms with Crippen molar-refractivity contribution < 1.29 is 19.3 Å². The third-order valence-corrected chi connectivity index (χ3v) is 3.04.